The van der Waals surface area contributed by atoms with Crippen LogP contribution in [0.25, 0.3) is 0 Å². The quantitative estimate of drug-likeness (QED) is 0.593. The number of hydrogen-bond donors (Lipinski definition) is 2. The Labute approximate surface area is 112 Å². The number of rotatable bonds is 11. The molecule has 0 heterocycles. The van der Waals surface area contributed by atoms with Crippen molar-refractivity contribution in [2.45, 2.75) is 64.8 Å². The molecule has 108 valence electrons. The Morgan fingerprint density at radius 2 is 1.50 bits per heavy atom. The first kappa shape index (κ1) is 17.4. The van der Waals surface area contributed by atoms with E-state index >= 15 is 0 Å². The third-order valence-corrected chi connectivity index (χ3v) is 3.39. The molecule has 0 aromatic rings. The highest BCUT2D eigenvalue weighted by Gasteiger charge is 2.24. The van der Waals surface area contributed by atoms with E-state index in [0.29, 0.717) is 6.42 Å². The molecule has 4 heteroatoms. The van der Waals surface area contributed by atoms with Crippen LogP contribution in [0.3, 0.4) is 0 Å². The monoisotopic (exact) mass is 257 g/mol. The van der Waals surface area contributed by atoms with E-state index in [9.17, 15) is 4.79 Å². The number of nitrogens with two attached hydrogens (primary N) is 2. The lowest BCUT2D eigenvalue weighted by atomic mass is 9.96. The van der Waals surface area contributed by atoms with E-state index in [0.717, 1.165) is 26.1 Å². The summed E-state index contributed by atoms with van der Waals surface area (Å²) in [4.78, 5) is 13.6. The highest BCUT2D eigenvalue weighted by molar-refractivity contribution is 5.83. The summed E-state index contributed by atoms with van der Waals surface area (Å²) in [6, 6.07) is 0. The molecule has 4 N–H and O–H groups in total. The topological polar surface area (TPSA) is 72.3 Å². The average molecular weight is 257 g/mol. The molecular formula is C14H31N3O. The van der Waals surface area contributed by atoms with Gasteiger partial charge in [0, 0.05) is 0 Å². The molecule has 18 heavy (non-hydrogen) atoms. The molecular weight excluding hydrogens is 226 g/mol. The molecule has 0 rings (SSSR count). The summed E-state index contributed by atoms with van der Waals surface area (Å²) >= 11 is 0. The van der Waals surface area contributed by atoms with Gasteiger partial charge in [-0.05, 0) is 52.2 Å². The summed E-state index contributed by atoms with van der Waals surface area (Å²) in [5.41, 5.74) is 10.3. The Kier molecular flexibility index (Phi) is 9.02. The number of hydrogen-bond acceptors (Lipinski definition) is 3. The molecule has 1 atom stereocenters. The van der Waals surface area contributed by atoms with Crippen LogP contribution < -0.4 is 11.5 Å². The van der Waals surface area contributed by atoms with Gasteiger partial charge < -0.3 is 16.4 Å². The Bertz CT molecular complexity index is 221. The first-order valence-corrected chi connectivity index (χ1v) is 7.25. The van der Waals surface area contributed by atoms with Crippen LogP contribution in [0.5, 0.6) is 0 Å². The van der Waals surface area contributed by atoms with E-state index in [1.54, 1.807) is 6.92 Å². The van der Waals surface area contributed by atoms with Crippen LogP contribution in [0.2, 0.25) is 0 Å². The van der Waals surface area contributed by atoms with Crippen molar-refractivity contribution in [3.63, 3.8) is 0 Å². The summed E-state index contributed by atoms with van der Waals surface area (Å²) in [6.07, 6.45) is 6.51. The van der Waals surface area contributed by atoms with Gasteiger partial charge in [-0.3, -0.25) is 4.79 Å². The highest BCUT2D eigenvalue weighted by atomic mass is 16.1. The van der Waals surface area contributed by atoms with Crippen molar-refractivity contribution >= 4 is 5.91 Å². The zero-order valence-electron chi connectivity index (χ0n) is 12.4. The van der Waals surface area contributed by atoms with Crippen LogP contribution in [-0.2, 0) is 4.79 Å². The lowest BCUT2D eigenvalue weighted by Crippen LogP contribution is -2.49. The van der Waals surface area contributed by atoms with Crippen molar-refractivity contribution in [3.05, 3.63) is 0 Å². The van der Waals surface area contributed by atoms with Gasteiger partial charge in [0.05, 0.1) is 5.54 Å². The number of carbonyl (C=O) groups excluding carboxylic acids is 1. The maximum Gasteiger partial charge on any atom is 0.237 e. The number of nitrogens with zero attached hydrogens (tertiary/aromatic N) is 1. The van der Waals surface area contributed by atoms with E-state index < -0.39 is 11.4 Å². The van der Waals surface area contributed by atoms with Crippen LogP contribution in [0.15, 0.2) is 0 Å². The standard InChI is InChI=1S/C14H31N3O/c1-4-6-10-17(11-7-5-2)12-8-9-14(3,16)13(15)18/h4-12,16H2,1-3H3,(H2,15,18). The summed E-state index contributed by atoms with van der Waals surface area (Å²) < 4.78 is 0. The van der Waals surface area contributed by atoms with E-state index in [1.165, 1.54) is 25.7 Å². The minimum Gasteiger partial charge on any atom is -0.368 e. The van der Waals surface area contributed by atoms with Gasteiger partial charge in [0.15, 0.2) is 0 Å². The van der Waals surface area contributed by atoms with E-state index in [4.69, 9.17) is 11.5 Å². The zero-order valence-corrected chi connectivity index (χ0v) is 12.4. The fourth-order valence-electron chi connectivity index (χ4n) is 1.89. The van der Waals surface area contributed by atoms with Gasteiger partial charge in [-0.1, -0.05) is 26.7 Å². The van der Waals surface area contributed by atoms with Crippen LogP contribution in [0.1, 0.15) is 59.3 Å². The van der Waals surface area contributed by atoms with Gasteiger partial charge in [-0.2, -0.15) is 0 Å². The fraction of sp³-hybridized carbons (Fsp3) is 0.929. The highest BCUT2D eigenvalue weighted by Crippen LogP contribution is 2.10. The molecule has 0 aliphatic carbocycles. The molecule has 0 aliphatic rings. The van der Waals surface area contributed by atoms with E-state index in [1.807, 2.05) is 0 Å². The maximum absolute atomic E-state index is 11.1. The van der Waals surface area contributed by atoms with Gasteiger partial charge in [-0.15, -0.1) is 0 Å². The lowest BCUT2D eigenvalue weighted by molar-refractivity contribution is -0.122. The first-order valence-electron chi connectivity index (χ1n) is 7.25. The van der Waals surface area contributed by atoms with Crippen molar-refractivity contribution in [3.8, 4) is 0 Å². The van der Waals surface area contributed by atoms with Crippen LogP contribution in [-0.4, -0.2) is 36.0 Å². The lowest BCUT2D eigenvalue weighted by Gasteiger charge is -2.25. The van der Waals surface area contributed by atoms with Crippen LogP contribution >= 0.6 is 0 Å². The van der Waals surface area contributed by atoms with Crippen molar-refractivity contribution in [2.24, 2.45) is 11.5 Å². The molecule has 4 nitrogen and oxygen atoms in total. The summed E-state index contributed by atoms with van der Waals surface area (Å²) in [7, 11) is 0. The van der Waals surface area contributed by atoms with Gasteiger partial charge >= 0.3 is 0 Å². The second-order valence-corrected chi connectivity index (χ2v) is 5.43. The van der Waals surface area contributed by atoms with E-state index in [-0.39, 0.29) is 0 Å². The molecule has 1 unspecified atom stereocenters. The SMILES string of the molecule is CCCCN(CCCC)CCCC(C)(N)C(N)=O. The van der Waals surface area contributed by atoms with Crippen LogP contribution in [0, 0.1) is 0 Å². The number of amides is 1. The summed E-state index contributed by atoms with van der Waals surface area (Å²) in [6.45, 7) is 9.45. The molecule has 0 fully saturated rings. The largest absolute Gasteiger partial charge is 0.368 e. The number of primary amides is 1. The average Bonchev–Trinajstić information content (AvgIpc) is 2.31. The number of carbonyl (C=O) groups is 1. The van der Waals surface area contributed by atoms with E-state index in [2.05, 4.69) is 18.7 Å². The molecule has 0 radical (unpaired) electrons. The van der Waals surface area contributed by atoms with Gasteiger partial charge in [0.1, 0.15) is 0 Å². The number of unbranched alkanes of at least 4 members (excludes halogenated alkanes) is 2. The Balaban J connectivity index is 3.97. The van der Waals surface area contributed by atoms with Crippen molar-refractivity contribution < 1.29 is 4.79 Å². The molecule has 0 aromatic heterocycles. The minimum atomic E-state index is -0.860. The molecule has 1 amide bonds. The molecule has 0 saturated carbocycles. The van der Waals surface area contributed by atoms with Gasteiger partial charge in [0.2, 0.25) is 5.91 Å². The Morgan fingerprint density at radius 1 is 1.06 bits per heavy atom. The molecule has 0 aliphatic heterocycles. The molecule has 0 saturated heterocycles. The van der Waals surface area contributed by atoms with Crippen molar-refractivity contribution in [2.75, 3.05) is 19.6 Å². The third-order valence-electron chi connectivity index (χ3n) is 3.39. The normalized spacial score (nSPS) is 14.7. The first-order chi connectivity index (χ1) is 8.44. The van der Waals surface area contributed by atoms with Crippen LogP contribution in [0.4, 0.5) is 0 Å². The fourth-order valence-corrected chi connectivity index (χ4v) is 1.89. The predicted molar refractivity (Wildman–Crippen MR) is 77.3 cm³/mol. The minimum absolute atomic E-state index is 0.406. The Hall–Kier alpha value is -0.610. The second kappa shape index (κ2) is 9.34. The maximum atomic E-state index is 11.1. The van der Waals surface area contributed by atoms with Crippen molar-refractivity contribution in [1.29, 1.82) is 0 Å². The zero-order chi connectivity index (χ0) is 14.0. The van der Waals surface area contributed by atoms with Gasteiger partial charge in [-0.25, -0.2) is 0 Å². The molecule has 0 spiro atoms. The molecule has 0 aromatic carbocycles. The van der Waals surface area contributed by atoms with Gasteiger partial charge in [0.25, 0.3) is 0 Å². The predicted octanol–water partition coefficient (Wildman–Crippen LogP) is 1.87. The second-order valence-electron chi connectivity index (χ2n) is 5.43. The summed E-state index contributed by atoms with van der Waals surface area (Å²) in [5.74, 6) is -0.406. The molecule has 0 bridgehead atoms. The van der Waals surface area contributed by atoms with Crippen molar-refractivity contribution in [1.82, 2.24) is 4.90 Å². The Morgan fingerprint density at radius 3 is 1.89 bits per heavy atom. The smallest absolute Gasteiger partial charge is 0.237 e. The third kappa shape index (κ3) is 7.67. The summed E-state index contributed by atoms with van der Waals surface area (Å²) in [5, 5.41) is 0.